The predicted octanol–water partition coefficient (Wildman–Crippen LogP) is 2.72. The highest BCUT2D eigenvalue weighted by molar-refractivity contribution is 7.15. The van der Waals surface area contributed by atoms with Gasteiger partial charge in [-0.05, 0) is 30.9 Å². The average Bonchev–Trinajstić information content (AvgIpc) is 3.38. The molecule has 3 atom stereocenters. The molecule has 0 saturated carbocycles. The van der Waals surface area contributed by atoms with Crippen LogP contribution in [0.4, 0.5) is 4.39 Å². The molecule has 0 spiro atoms. The standard InChI is InChI=1S/C19H19FN6OS/c20-18-11(6-12-2-1-3-14(18)23-12)7-17-24-25-19(28-17)13-9-22-16(8-15(13)27)26-5-4-21-10-26/h4-5,7-10,12,14,18,23H,1-3,6H2,(H,22,27)/b11-7+/t12-,14+,18+/m1/s1. The molecule has 0 aromatic carbocycles. The highest BCUT2D eigenvalue weighted by atomic mass is 32.1. The second-order valence-electron chi connectivity index (χ2n) is 7.24. The van der Waals surface area contributed by atoms with Crippen LogP contribution < -0.4 is 10.7 Å². The Balaban J connectivity index is 1.41. The van der Waals surface area contributed by atoms with Crippen LogP contribution >= 0.6 is 11.3 Å². The zero-order chi connectivity index (χ0) is 19.1. The molecule has 0 aliphatic carbocycles. The summed E-state index contributed by atoms with van der Waals surface area (Å²) in [5.74, 6) is 0.625. The SMILES string of the molecule is O=c1cc(-n2ccnc2)[nH]cc1-c1nnc(/C=C2\C[C@H]3CCC[C@H](N3)[C@H]2F)s1. The molecule has 2 fully saturated rings. The van der Waals surface area contributed by atoms with Crippen molar-refractivity contribution in [2.24, 2.45) is 0 Å². The summed E-state index contributed by atoms with van der Waals surface area (Å²) in [4.78, 5) is 19.6. The minimum absolute atomic E-state index is 0.0929. The van der Waals surface area contributed by atoms with Crippen molar-refractivity contribution in [1.29, 1.82) is 0 Å². The van der Waals surface area contributed by atoms with E-state index in [9.17, 15) is 9.18 Å². The third kappa shape index (κ3) is 3.20. The monoisotopic (exact) mass is 398 g/mol. The maximum atomic E-state index is 14.7. The second-order valence-corrected chi connectivity index (χ2v) is 8.25. The summed E-state index contributed by atoms with van der Waals surface area (Å²) < 4.78 is 16.5. The van der Waals surface area contributed by atoms with Gasteiger partial charge < -0.3 is 10.3 Å². The van der Waals surface area contributed by atoms with Gasteiger partial charge in [0.05, 0.1) is 5.56 Å². The lowest BCUT2D eigenvalue weighted by Gasteiger charge is -2.39. The van der Waals surface area contributed by atoms with Crippen molar-refractivity contribution >= 4 is 17.4 Å². The number of pyridine rings is 1. The Labute approximate surface area is 164 Å². The first-order valence-corrected chi connectivity index (χ1v) is 10.1. The molecule has 0 radical (unpaired) electrons. The third-order valence-electron chi connectivity index (χ3n) is 5.37. The number of aromatic nitrogens is 5. The van der Waals surface area contributed by atoms with E-state index in [1.54, 1.807) is 29.5 Å². The molecule has 7 nitrogen and oxygen atoms in total. The van der Waals surface area contributed by atoms with Gasteiger partial charge in [0, 0.05) is 36.7 Å². The van der Waals surface area contributed by atoms with Crippen LogP contribution in [0, 0.1) is 0 Å². The van der Waals surface area contributed by atoms with Gasteiger partial charge in [0.25, 0.3) is 0 Å². The van der Waals surface area contributed by atoms with E-state index in [0.29, 0.717) is 33.9 Å². The first-order chi connectivity index (χ1) is 13.7. The van der Waals surface area contributed by atoms with Gasteiger partial charge in [-0.2, -0.15) is 0 Å². The maximum Gasteiger partial charge on any atom is 0.194 e. The van der Waals surface area contributed by atoms with Gasteiger partial charge >= 0.3 is 0 Å². The number of hydrogen-bond acceptors (Lipinski definition) is 6. The zero-order valence-corrected chi connectivity index (χ0v) is 15.8. The molecule has 3 aromatic rings. The summed E-state index contributed by atoms with van der Waals surface area (Å²) in [6.45, 7) is 0. The number of halogens is 1. The van der Waals surface area contributed by atoms with Crippen LogP contribution in [-0.2, 0) is 0 Å². The van der Waals surface area contributed by atoms with Crippen molar-refractivity contribution in [3.8, 4) is 16.4 Å². The summed E-state index contributed by atoms with van der Waals surface area (Å²) in [6, 6.07) is 1.76. The molecule has 2 aliphatic rings. The number of piperidine rings is 2. The molecule has 3 aromatic heterocycles. The molecule has 2 aliphatic heterocycles. The molecule has 5 rings (SSSR count). The molecular weight excluding hydrogens is 379 g/mol. The molecule has 28 heavy (non-hydrogen) atoms. The number of fused-ring (bicyclic) bond motifs is 2. The van der Waals surface area contributed by atoms with Crippen LogP contribution in [0.15, 0.2) is 41.4 Å². The van der Waals surface area contributed by atoms with E-state index in [-0.39, 0.29) is 11.5 Å². The van der Waals surface area contributed by atoms with E-state index in [2.05, 4.69) is 25.5 Å². The zero-order valence-electron chi connectivity index (χ0n) is 15.0. The summed E-state index contributed by atoms with van der Waals surface area (Å²) in [6.07, 6.45) is 11.2. The van der Waals surface area contributed by atoms with E-state index in [1.165, 1.54) is 17.4 Å². The molecule has 0 amide bonds. The van der Waals surface area contributed by atoms with Crippen LogP contribution in [0.1, 0.15) is 30.7 Å². The van der Waals surface area contributed by atoms with E-state index >= 15 is 0 Å². The van der Waals surface area contributed by atoms with E-state index in [1.807, 2.05) is 6.08 Å². The van der Waals surface area contributed by atoms with Gasteiger partial charge in [0.2, 0.25) is 0 Å². The fraction of sp³-hybridized carbons (Fsp3) is 0.368. The molecule has 9 heteroatoms. The first-order valence-electron chi connectivity index (χ1n) is 9.33. The minimum atomic E-state index is -0.984. The van der Waals surface area contributed by atoms with Gasteiger partial charge in [0.15, 0.2) is 10.4 Å². The number of H-pyrrole nitrogens is 1. The summed E-state index contributed by atoms with van der Waals surface area (Å²) in [7, 11) is 0. The van der Waals surface area contributed by atoms with E-state index < -0.39 is 6.17 Å². The number of alkyl halides is 1. The van der Waals surface area contributed by atoms with Crippen LogP contribution in [-0.4, -0.2) is 43.0 Å². The molecule has 2 saturated heterocycles. The number of imidazole rings is 1. The lowest BCUT2D eigenvalue weighted by atomic mass is 9.82. The fourth-order valence-corrected chi connectivity index (χ4v) is 4.82. The van der Waals surface area contributed by atoms with Crippen LogP contribution in [0.5, 0.6) is 0 Å². The largest absolute Gasteiger partial charge is 0.347 e. The lowest BCUT2D eigenvalue weighted by Crippen LogP contribution is -2.52. The van der Waals surface area contributed by atoms with E-state index in [0.717, 1.165) is 24.8 Å². The normalized spacial score (nSPS) is 25.9. The number of aromatic amines is 1. The quantitative estimate of drug-likeness (QED) is 0.708. The first kappa shape index (κ1) is 17.4. The van der Waals surface area contributed by atoms with Crippen molar-refractivity contribution < 1.29 is 4.39 Å². The highest BCUT2D eigenvalue weighted by Gasteiger charge is 2.36. The number of hydrogen-bond donors (Lipinski definition) is 2. The number of nitrogens with one attached hydrogen (secondary N) is 2. The van der Waals surface area contributed by atoms with Crippen molar-refractivity contribution in [3.63, 3.8) is 0 Å². The highest BCUT2D eigenvalue weighted by Crippen LogP contribution is 2.33. The Kier molecular flexibility index (Phi) is 4.40. The number of nitrogens with zero attached hydrogens (tertiary/aromatic N) is 4. The van der Waals surface area contributed by atoms with Crippen molar-refractivity contribution in [2.45, 2.75) is 43.9 Å². The maximum absolute atomic E-state index is 14.7. The lowest BCUT2D eigenvalue weighted by molar-refractivity contribution is 0.179. The molecular formula is C19H19FN6OS. The molecule has 144 valence electrons. The van der Waals surface area contributed by atoms with Gasteiger partial charge in [-0.3, -0.25) is 9.36 Å². The molecule has 5 heterocycles. The third-order valence-corrected chi connectivity index (χ3v) is 6.27. The summed E-state index contributed by atoms with van der Waals surface area (Å²) in [5, 5.41) is 12.8. The summed E-state index contributed by atoms with van der Waals surface area (Å²) in [5.41, 5.74) is 1.07. The molecule has 2 bridgehead atoms. The predicted molar refractivity (Wildman–Crippen MR) is 105 cm³/mol. The Morgan fingerprint density at radius 3 is 3.07 bits per heavy atom. The van der Waals surface area contributed by atoms with Crippen molar-refractivity contribution in [2.75, 3.05) is 0 Å². The van der Waals surface area contributed by atoms with Crippen LogP contribution in [0.2, 0.25) is 0 Å². The van der Waals surface area contributed by atoms with E-state index in [4.69, 9.17) is 0 Å². The minimum Gasteiger partial charge on any atom is -0.347 e. The van der Waals surface area contributed by atoms with Crippen LogP contribution in [0.25, 0.3) is 22.5 Å². The van der Waals surface area contributed by atoms with Gasteiger partial charge in [-0.1, -0.05) is 17.8 Å². The van der Waals surface area contributed by atoms with Gasteiger partial charge in [0.1, 0.15) is 23.3 Å². The average molecular weight is 398 g/mol. The Hall–Kier alpha value is -2.65. The fourth-order valence-electron chi connectivity index (χ4n) is 3.98. The van der Waals surface area contributed by atoms with Crippen molar-refractivity contribution in [3.05, 3.63) is 51.8 Å². The summed E-state index contributed by atoms with van der Waals surface area (Å²) >= 11 is 1.30. The molecule has 0 unspecified atom stereocenters. The Morgan fingerprint density at radius 2 is 2.25 bits per heavy atom. The number of rotatable bonds is 3. The van der Waals surface area contributed by atoms with Gasteiger partial charge in [-0.25, -0.2) is 9.37 Å². The molecule has 2 N–H and O–H groups in total. The van der Waals surface area contributed by atoms with Crippen LogP contribution in [0.3, 0.4) is 0 Å². The smallest absolute Gasteiger partial charge is 0.194 e. The van der Waals surface area contributed by atoms with Crippen molar-refractivity contribution in [1.82, 2.24) is 30.0 Å². The Morgan fingerprint density at radius 1 is 1.32 bits per heavy atom. The topological polar surface area (TPSA) is 88.5 Å². The van der Waals surface area contributed by atoms with Gasteiger partial charge in [-0.15, -0.1) is 10.2 Å². The second kappa shape index (κ2) is 7.06. The Bertz CT molecular complexity index is 1070.